The molecule has 13 rings (SSSR count). The van der Waals surface area contributed by atoms with Crippen LogP contribution in [0.15, 0.2) is 217 Å². The van der Waals surface area contributed by atoms with Crippen molar-refractivity contribution < 1.29 is 4.42 Å². The van der Waals surface area contributed by atoms with Gasteiger partial charge in [0.15, 0.2) is 0 Å². The van der Waals surface area contributed by atoms with Gasteiger partial charge in [0.05, 0.1) is 17.1 Å². The van der Waals surface area contributed by atoms with Crippen LogP contribution >= 0.6 is 0 Å². The molecule has 0 aliphatic heterocycles. The number of nitrogens with zero attached hydrogens (tertiary/aromatic N) is 1. The number of fused-ring (bicyclic) bond motifs is 11. The lowest BCUT2D eigenvalue weighted by atomic mass is 9.82. The van der Waals surface area contributed by atoms with Gasteiger partial charge in [-0.2, -0.15) is 0 Å². The maximum atomic E-state index is 6.80. The van der Waals surface area contributed by atoms with Crippen LogP contribution in [0.1, 0.15) is 49.9 Å². The van der Waals surface area contributed by atoms with E-state index in [1.165, 1.54) is 66.6 Å². The summed E-state index contributed by atoms with van der Waals surface area (Å²) in [5, 5.41) is 4.52. The molecule has 1 aromatic heterocycles. The lowest BCUT2D eigenvalue weighted by molar-refractivity contribution is 0.660. The molecule has 0 spiro atoms. The van der Waals surface area contributed by atoms with Crippen LogP contribution in [0.3, 0.4) is 0 Å². The number of hydrogen-bond acceptors (Lipinski definition) is 2. The summed E-state index contributed by atoms with van der Waals surface area (Å²) in [6.07, 6.45) is 0. The van der Waals surface area contributed by atoms with Crippen LogP contribution in [0.2, 0.25) is 0 Å². The Morgan fingerprint density at radius 1 is 0.348 bits per heavy atom. The number of rotatable bonds is 6. The normalized spacial score (nSPS) is 14.0. The molecule has 0 saturated carbocycles. The molecular formula is C64H47NO. The average molecular weight is 846 g/mol. The minimum atomic E-state index is -0.131. The first-order valence-corrected chi connectivity index (χ1v) is 23.2. The molecule has 2 aliphatic rings. The lowest BCUT2D eigenvalue weighted by Crippen LogP contribution is -2.15. The number of para-hydroxylation sites is 3. The van der Waals surface area contributed by atoms with Gasteiger partial charge in [-0.1, -0.05) is 204 Å². The van der Waals surface area contributed by atoms with Crippen molar-refractivity contribution in [1.82, 2.24) is 0 Å². The van der Waals surface area contributed by atoms with Gasteiger partial charge in [-0.15, -0.1) is 0 Å². The number of hydrogen-bond donors (Lipinski definition) is 0. The predicted molar refractivity (Wildman–Crippen MR) is 277 cm³/mol. The summed E-state index contributed by atoms with van der Waals surface area (Å²) < 4.78 is 6.80. The number of benzene rings is 10. The average Bonchev–Trinajstić information content (AvgIpc) is 3.95. The number of anilines is 3. The van der Waals surface area contributed by atoms with Crippen molar-refractivity contribution in [3.8, 4) is 55.6 Å². The van der Waals surface area contributed by atoms with Crippen LogP contribution in [0.5, 0.6) is 0 Å². The van der Waals surface area contributed by atoms with Gasteiger partial charge in [0, 0.05) is 43.7 Å². The molecule has 2 aliphatic carbocycles. The van der Waals surface area contributed by atoms with Crippen LogP contribution < -0.4 is 4.90 Å². The monoisotopic (exact) mass is 845 g/mol. The van der Waals surface area contributed by atoms with Gasteiger partial charge in [-0.05, 0) is 103 Å². The molecule has 0 saturated heterocycles. The molecule has 0 fully saturated rings. The Morgan fingerprint density at radius 3 is 1.62 bits per heavy atom. The van der Waals surface area contributed by atoms with Crippen molar-refractivity contribution in [3.05, 3.63) is 235 Å². The third kappa shape index (κ3) is 5.48. The Balaban J connectivity index is 1.09. The maximum Gasteiger partial charge on any atom is 0.143 e. The molecule has 0 N–H and O–H groups in total. The minimum absolute atomic E-state index is 0.0818. The van der Waals surface area contributed by atoms with Crippen LogP contribution in [-0.2, 0) is 10.8 Å². The van der Waals surface area contributed by atoms with Gasteiger partial charge in [-0.25, -0.2) is 0 Å². The highest BCUT2D eigenvalue weighted by Crippen LogP contribution is 2.56. The van der Waals surface area contributed by atoms with Crippen molar-refractivity contribution in [2.45, 2.75) is 38.5 Å². The molecule has 0 amide bonds. The minimum Gasteiger partial charge on any atom is -0.455 e. The Hall–Kier alpha value is -7.94. The second-order valence-corrected chi connectivity index (χ2v) is 19.2. The van der Waals surface area contributed by atoms with E-state index in [0.717, 1.165) is 61.1 Å². The van der Waals surface area contributed by atoms with Gasteiger partial charge in [0.1, 0.15) is 11.2 Å². The van der Waals surface area contributed by atoms with Crippen molar-refractivity contribution in [2.75, 3.05) is 4.90 Å². The van der Waals surface area contributed by atoms with E-state index in [9.17, 15) is 0 Å². The zero-order valence-electron chi connectivity index (χ0n) is 37.6. The van der Waals surface area contributed by atoms with E-state index in [1.54, 1.807) is 0 Å². The van der Waals surface area contributed by atoms with E-state index >= 15 is 0 Å². The highest BCUT2D eigenvalue weighted by Gasteiger charge is 2.38. The van der Waals surface area contributed by atoms with Gasteiger partial charge in [0.2, 0.25) is 0 Å². The van der Waals surface area contributed by atoms with E-state index < -0.39 is 0 Å². The summed E-state index contributed by atoms with van der Waals surface area (Å²) in [6, 6.07) is 78.4. The van der Waals surface area contributed by atoms with Gasteiger partial charge >= 0.3 is 0 Å². The first kappa shape index (κ1) is 38.5. The number of furan rings is 1. The molecule has 1 heterocycles. The van der Waals surface area contributed by atoms with Crippen molar-refractivity contribution in [3.63, 3.8) is 0 Å². The standard InChI is InChI=1S/C64H47NO/c1-63(2)52-28-12-7-22-44(52)51-39-41(36-38-54(51)63)42-20-9-14-31-56(42)65(57-32-15-10-23-45(57)47-26-17-30-55-60(47)49-25-8-13-29-53(49)64(55,3)4)58-33-16-11-24-46(58)48-27-18-34-59-61(48)50-37-35-40-19-5-6-21-43(40)62(50)66-59/h5-39H,1-4H3. The summed E-state index contributed by atoms with van der Waals surface area (Å²) in [7, 11) is 0. The van der Waals surface area contributed by atoms with Crippen molar-refractivity contribution in [1.29, 1.82) is 0 Å². The highest BCUT2D eigenvalue weighted by molar-refractivity contribution is 6.20. The van der Waals surface area contributed by atoms with Crippen LogP contribution in [0, 0.1) is 0 Å². The topological polar surface area (TPSA) is 16.4 Å². The zero-order valence-corrected chi connectivity index (χ0v) is 37.6. The summed E-state index contributed by atoms with van der Waals surface area (Å²) >= 11 is 0. The van der Waals surface area contributed by atoms with Crippen molar-refractivity contribution >= 4 is 49.8 Å². The summed E-state index contributed by atoms with van der Waals surface area (Å²) in [6.45, 7) is 9.44. The van der Waals surface area contributed by atoms with Gasteiger partial charge in [0.25, 0.3) is 0 Å². The molecule has 2 nitrogen and oxygen atoms in total. The molecule has 314 valence electrons. The SMILES string of the molecule is CC1(C)c2ccccc2-c2cc(-c3ccccc3N(c3ccccc3-c3cccc4c3-c3ccccc3C4(C)C)c3ccccc3-c3cccc4oc5c6ccccc6ccc5c34)ccc21. The predicted octanol–water partition coefficient (Wildman–Crippen LogP) is 17.8. The second kappa shape index (κ2) is 14.3. The Morgan fingerprint density at radius 2 is 0.864 bits per heavy atom. The second-order valence-electron chi connectivity index (χ2n) is 19.2. The van der Waals surface area contributed by atoms with Crippen LogP contribution in [0.25, 0.3) is 88.3 Å². The molecule has 11 aromatic rings. The first-order valence-electron chi connectivity index (χ1n) is 23.2. The molecule has 66 heavy (non-hydrogen) atoms. The zero-order chi connectivity index (χ0) is 44.3. The maximum absolute atomic E-state index is 6.80. The fraction of sp³-hybridized carbons (Fsp3) is 0.0938. The molecular weight excluding hydrogens is 799 g/mol. The van der Waals surface area contributed by atoms with E-state index in [2.05, 4.69) is 245 Å². The van der Waals surface area contributed by atoms with Crippen LogP contribution in [-0.4, -0.2) is 0 Å². The summed E-state index contributed by atoms with van der Waals surface area (Å²) in [5.41, 5.74) is 22.6. The third-order valence-electron chi connectivity index (χ3n) is 14.9. The van der Waals surface area contributed by atoms with E-state index in [1.807, 2.05) is 0 Å². The first-order chi connectivity index (χ1) is 32.3. The van der Waals surface area contributed by atoms with E-state index in [-0.39, 0.29) is 10.8 Å². The Bertz CT molecular complexity index is 3790. The molecule has 10 aromatic carbocycles. The fourth-order valence-electron chi connectivity index (χ4n) is 11.7. The van der Waals surface area contributed by atoms with Gasteiger partial charge in [-0.3, -0.25) is 0 Å². The molecule has 2 heteroatoms. The molecule has 0 bridgehead atoms. The smallest absolute Gasteiger partial charge is 0.143 e. The van der Waals surface area contributed by atoms with Gasteiger partial charge < -0.3 is 9.32 Å². The Kier molecular flexibility index (Phi) is 8.33. The van der Waals surface area contributed by atoms with Crippen molar-refractivity contribution in [2.24, 2.45) is 0 Å². The summed E-state index contributed by atoms with van der Waals surface area (Å²) in [4.78, 5) is 2.53. The largest absolute Gasteiger partial charge is 0.455 e. The highest BCUT2D eigenvalue weighted by atomic mass is 16.3. The van der Waals surface area contributed by atoms with E-state index in [4.69, 9.17) is 4.42 Å². The molecule has 0 atom stereocenters. The quantitative estimate of drug-likeness (QED) is 0.166. The van der Waals surface area contributed by atoms with E-state index in [0.29, 0.717) is 0 Å². The van der Waals surface area contributed by atoms with Crippen LogP contribution in [0.4, 0.5) is 17.1 Å². The molecule has 0 radical (unpaired) electrons. The lowest BCUT2D eigenvalue weighted by Gasteiger charge is -2.32. The third-order valence-corrected chi connectivity index (χ3v) is 14.9. The molecule has 0 unspecified atom stereocenters. The Labute approximate surface area is 386 Å². The summed E-state index contributed by atoms with van der Waals surface area (Å²) in [5.74, 6) is 0. The fourth-order valence-corrected chi connectivity index (χ4v) is 11.7.